The zero-order chi connectivity index (χ0) is 11.4. The van der Waals surface area contributed by atoms with Crippen LogP contribution in [0.2, 0.25) is 0 Å². The van der Waals surface area contributed by atoms with E-state index >= 15 is 0 Å². The van der Waals surface area contributed by atoms with Crippen LogP contribution in [0.5, 0.6) is 0 Å². The molecular weight excluding hydrogens is 202 g/mol. The average molecular weight is 219 g/mol. The first-order chi connectivity index (χ1) is 7.77. The first kappa shape index (κ1) is 11.1. The molecule has 0 radical (unpaired) electrons. The summed E-state index contributed by atoms with van der Waals surface area (Å²) in [4.78, 5) is 15.3. The van der Waals surface area contributed by atoms with E-state index in [-0.39, 0.29) is 5.92 Å². The third kappa shape index (κ3) is 2.60. The molecule has 1 fully saturated rings. The Morgan fingerprint density at radius 2 is 2.25 bits per heavy atom. The lowest BCUT2D eigenvalue weighted by Gasteiger charge is -2.18. The quantitative estimate of drug-likeness (QED) is 0.846. The predicted octanol–water partition coefficient (Wildman–Crippen LogP) is 2.52. The summed E-state index contributed by atoms with van der Waals surface area (Å²) >= 11 is 0. The monoisotopic (exact) mass is 219 g/mol. The Morgan fingerprint density at radius 3 is 2.81 bits per heavy atom. The van der Waals surface area contributed by atoms with E-state index in [0.717, 1.165) is 18.4 Å². The number of carboxylic acid groups (broad SMARTS) is 1. The van der Waals surface area contributed by atoms with Gasteiger partial charge in [-0.25, -0.2) is 0 Å². The molecule has 0 saturated heterocycles. The molecule has 0 amide bonds. The van der Waals surface area contributed by atoms with Crippen LogP contribution in [0.15, 0.2) is 24.5 Å². The van der Waals surface area contributed by atoms with Gasteiger partial charge in [0.2, 0.25) is 0 Å². The van der Waals surface area contributed by atoms with Crippen LogP contribution in [-0.2, 0) is 11.2 Å². The van der Waals surface area contributed by atoms with Crippen molar-refractivity contribution in [2.45, 2.75) is 32.1 Å². The molecular formula is C13H17NO2. The fourth-order valence-corrected chi connectivity index (χ4v) is 2.59. The molecule has 86 valence electrons. The van der Waals surface area contributed by atoms with Crippen LogP contribution in [-0.4, -0.2) is 16.1 Å². The molecule has 1 N–H and O–H groups in total. The Bertz CT molecular complexity index is 344. The minimum absolute atomic E-state index is 0.230. The van der Waals surface area contributed by atoms with Gasteiger partial charge in [-0.05, 0) is 36.8 Å². The second kappa shape index (κ2) is 5.10. The Hall–Kier alpha value is -1.38. The highest BCUT2D eigenvalue weighted by molar-refractivity contribution is 5.70. The standard InChI is InChI=1S/C13H17NO2/c15-13(16)12(11-5-1-2-6-11)8-10-4-3-7-14-9-10/h3-4,7,9,11-12H,1-2,5-6,8H2,(H,15,16)/t12-/m1/s1. The van der Waals surface area contributed by atoms with E-state index in [4.69, 9.17) is 0 Å². The number of nitrogens with zero attached hydrogens (tertiary/aromatic N) is 1. The number of carboxylic acids is 1. The van der Waals surface area contributed by atoms with Crippen molar-refractivity contribution in [1.82, 2.24) is 4.98 Å². The van der Waals surface area contributed by atoms with Crippen molar-refractivity contribution < 1.29 is 9.90 Å². The lowest BCUT2D eigenvalue weighted by atomic mass is 9.86. The first-order valence-corrected chi connectivity index (χ1v) is 5.89. The molecule has 16 heavy (non-hydrogen) atoms. The van der Waals surface area contributed by atoms with E-state index in [1.54, 1.807) is 12.4 Å². The highest BCUT2D eigenvalue weighted by Crippen LogP contribution is 2.33. The van der Waals surface area contributed by atoms with Crippen LogP contribution in [0, 0.1) is 11.8 Å². The fraction of sp³-hybridized carbons (Fsp3) is 0.538. The predicted molar refractivity (Wildman–Crippen MR) is 61.0 cm³/mol. The van der Waals surface area contributed by atoms with Crippen molar-refractivity contribution in [3.63, 3.8) is 0 Å². The molecule has 1 aliphatic carbocycles. The van der Waals surface area contributed by atoms with Gasteiger partial charge in [-0.15, -0.1) is 0 Å². The molecule has 1 aromatic rings. The molecule has 1 aliphatic rings. The number of carbonyl (C=O) groups is 1. The van der Waals surface area contributed by atoms with Gasteiger partial charge in [-0.2, -0.15) is 0 Å². The zero-order valence-corrected chi connectivity index (χ0v) is 9.30. The van der Waals surface area contributed by atoms with Gasteiger partial charge in [0.15, 0.2) is 0 Å². The Balaban J connectivity index is 2.05. The van der Waals surface area contributed by atoms with Crippen molar-refractivity contribution in [2.75, 3.05) is 0 Å². The van der Waals surface area contributed by atoms with E-state index in [2.05, 4.69) is 4.98 Å². The molecule has 0 aromatic carbocycles. The normalized spacial score (nSPS) is 18.5. The Kier molecular flexibility index (Phi) is 3.54. The van der Waals surface area contributed by atoms with Crippen molar-refractivity contribution in [3.8, 4) is 0 Å². The summed E-state index contributed by atoms with van der Waals surface area (Å²) in [5, 5.41) is 9.27. The van der Waals surface area contributed by atoms with E-state index < -0.39 is 5.97 Å². The van der Waals surface area contributed by atoms with Crippen molar-refractivity contribution in [1.29, 1.82) is 0 Å². The molecule has 0 spiro atoms. The molecule has 1 saturated carbocycles. The maximum atomic E-state index is 11.3. The molecule has 3 nitrogen and oxygen atoms in total. The van der Waals surface area contributed by atoms with Crippen molar-refractivity contribution in [3.05, 3.63) is 30.1 Å². The van der Waals surface area contributed by atoms with Gasteiger partial charge >= 0.3 is 5.97 Å². The minimum Gasteiger partial charge on any atom is -0.481 e. The summed E-state index contributed by atoms with van der Waals surface area (Å²) in [6.45, 7) is 0. The van der Waals surface area contributed by atoms with E-state index in [9.17, 15) is 9.90 Å². The number of hydrogen-bond acceptors (Lipinski definition) is 2. The van der Waals surface area contributed by atoms with Crippen LogP contribution in [0.3, 0.4) is 0 Å². The molecule has 0 unspecified atom stereocenters. The van der Waals surface area contributed by atoms with Gasteiger partial charge in [0, 0.05) is 12.4 Å². The van der Waals surface area contributed by atoms with Gasteiger partial charge in [0.25, 0.3) is 0 Å². The van der Waals surface area contributed by atoms with Crippen LogP contribution >= 0.6 is 0 Å². The molecule has 2 rings (SSSR count). The smallest absolute Gasteiger partial charge is 0.307 e. The van der Waals surface area contributed by atoms with Crippen LogP contribution in [0.25, 0.3) is 0 Å². The third-order valence-electron chi connectivity index (χ3n) is 3.46. The minimum atomic E-state index is -0.657. The average Bonchev–Trinajstić information content (AvgIpc) is 2.80. The van der Waals surface area contributed by atoms with Crippen LogP contribution in [0.1, 0.15) is 31.2 Å². The molecule has 0 aliphatic heterocycles. The summed E-state index contributed by atoms with van der Waals surface area (Å²) in [7, 11) is 0. The fourth-order valence-electron chi connectivity index (χ4n) is 2.59. The molecule has 1 aromatic heterocycles. The number of aromatic nitrogens is 1. The Morgan fingerprint density at radius 1 is 1.50 bits per heavy atom. The van der Waals surface area contributed by atoms with Gasteiger partial charge in [0.05, 0.1) is 5.92 Å². The molecule has 3 heteroatoms. The summed E-state index contributed by atoms with van der Waals surface area (Å²) in [5.74, 6) is -0.528. The summed E-state index contributed by atoms with van der Waals surface area (Å²) in [6.07, 6.45) is 8.60. The van der Waals surface area contributed by atoms with Gasteiger partial charge in [-0.1, -0.05) is 18.9 Å². The largest absolute Gasteiger partial charge is 0.481 e. The van der Waals surface area contributed by atoms with Crippen molar-refractivity contribution in [2.24, 2.45) is 11.8 Å². The second-order valence-electron chi connectivity index (χ2n) is 4.55. The first-order valence-electron chi connectivity index (χ1n) is 5.89. The summed E-state index contributed by atoms with van der Waals surface area (Å²) in [6, 6.07) is 3.82. The van der Waals surface area contributed by atoms with Gasteiger partial charge < -0.3 is 5.11 Å². The lowest BCUT2D eigenvalue weighted by molar-refractivity contribution is -0.143. The van der Waals surface area contributed by atoms with Gasteiger partial charge in [-0.3, -0.25) is 9.78 Å². The van der Waals surface area contributed by atoms with E-state index in [0.29, 0.717) is 12.3 Å². The number of hydrogen-bond donors (Lipinski definition) is 1. The number of rotatable bonds is 4. The van der Waals surface area contributed by atoms with Crippen molar-refractivity contribution >= 4 is 5.97 Å². The Labute approximate surface area is 95.5 Å². The number of pyridine rings is 1. The maximum Gasteiger partial charge on any atom is 0.307 e. The third-order valence-corrected chi connectivity index (χ3v) is 3.46. The topological polar surface area (TPSA) is 50.2 Å². The summed E-state index contributed by atoms with van der Waals surface area (Å²) < 4.78 is 0. The van der Waals surface area contributed by atoms with Crippen LogP contribution in [0.4, 0.5) is 0 Å². The maximum absolute atomic E-state index is 11.3. The van der Waals surface area contributed by atoms with Gasteiger partial charge in [0.1, 0.15) is 0 Å². The lowest BCUT2D eigenvalue weighted by Crippen LogP contribution is -2.24. The van der Waals surface area contributed by atoms with E-state index in [1.807, 2.05) is 12.1 Å². The molecule has 1 heterocycles. The summed E-state index contributed by atoms with van der Waals surface area (Å²) in [5.41, 5.74) is 1.03. The molecule has 0 bridgehead atoms. The van der Waals surface area contributed by atoms with E-state index in [1.165, 1.54) is 12.8 Å². The molecule has 1 atom stereocenters. The number of aliphatic carboxylic acids is 1. The highest BCUT2D eigenvalue weighted by atomic mass is 16.4. The second-order valence-corrected chi connectivity index (χ2v) is 4.55. The SMILES string of the molecule is O=C(O)[C@H](Cc1cccnc1)C1CCCC1. The van der Waals surface area contributed by atoms with Crippen LogP contribution < -0.4 is 0 Å². The highest BCUT2D eigenvalue weighted by Gasteiger charge is 2.30. The zero-order valence-electron chi connectivity index (χ0n) is 9.30.